The summed E-state index contributed by atoms with van der Waals surface area (Å²) in [6.07, 6.45) is 2.41. The summed E-state index contributed by atoms with van der Waals surface area (Å²) < 4.78 is 26.9. The monoisotopic (exact) mass is 820 g/mol. The number of hydrogen-bond acceptors (Lipinski definition) is 11. The minimum Gasteiger partial charge on any atom is -0.478 e. The summed E-state index contributed by atoms with van der Waals surface area (Å²) in [5, 5.41) is 9.71. The molecule has 0 saturated heterocycles. The molecule has 0 radical (unpaired) electrons. The predicted octanol–water partition coefficient (Wildman–Crippen LogP) is 8.97. The first kappa shape index (κ1) is 45.6. The van der Waals surface area contributed by atoms with Gasteiger partial charge in [-0.2, -0.15) is 0 Å². The van der Waals surface area contributed by atoms with E-state index in [-0.39, 0.29) is 24.9 Å². The fourth-order valence-corrected chi connectivity index (χ4v) is 7.87. The van der Waals surface area contributed by atoms with Crippen molar-refractivity contribution in [2.45, 2.75) is 60.8 Å². The number of carbonyl (C=O) groups excluding carboxylic acids is 1. The molecule has 12 nitrogen and oxygen atoms in total. The largest absolute Gasteiger partial charge is 0.478 e. The van der Waals surface area contributed by atoms with Gasteiger partial charge in [0.1, 0.15) is 22.6 Å². The molecule has 0 bridgehead atoms. The zero-order valence-corrected chi connectivity index (χ0v) is 35.6. The van der Waals surface area contributed by atoms with Gasteiger partial charge in [-0.1, -0.05) is 56.0 Å². The summed E-state index contributed by atoms with van der Waals surface area (Å²) >= 11 is 3.13. The third-order valence-corrected chi connectivity index (χ3v) is 11.7. The lowest BCUT2D eigenvalue weighted by atomic mass is 10.0. The quantitative estimate of drug-likeness (QED) is 0.0205. The number of nitrogens with zero attached hydrogens (tertiary/aromatic N) is 2. The van der Waals surface area contributed by atoms with E-state index in [9.17, 15) is 14.7 Å². The summed E-state index contributed by atoms with van der Waals surface area (Å²) in [6.45, 7) is 10.9. The van der Waals surface area contributed by atoms with Crippen molar-refractivity contribution in [3.63, 3.8) is 0 Å². The molecule has 0 aliphatic rings. The molecule has 15 heteroatoms. The lowest BCUT2D eigenvalue weighted by molar-refractivity contribution is 0.0435. The molecule has 0 fully saturated rings. The van der Waals surface area contributed by atoms with Gasteiger partial charge >= 0.3 is 11.9 Å². The predicted molar refractivity (Wildman–Crippen MR) is 229 cm³/mol. The Hall–Kier alpha value is -4.80. The Labute approximate surface area is 339 Å². The van der Waals surface area contributed by atoms with E-state index in [1.54, 1.807) is 23.9 Å². The number of esters is 1. The van der Waals surface area contributed by atoms with Gasteiger partial charge in [0.2, 0.25) is 0 Å². The van der Waals surface area contributed by atoms with Gasteiger partial charge in [0, 0.05) is 54.7 Å². The molecule has 0 heterocycles. The second kappa shape index (κ2) is 23.3. The van der Waals surface area contributed by atoms with Crippen LogP contribution in [0.25, 0.3) is 0 Å². The van der Waals surface area contributed by atoms with Crippen LogP contribution in [0.5, 0.6) is 11.5 Å². The first-order valence-corrected chi connectivity index (χ1v) is 23.3. The van der Waals surface area contributed by atoms with E-state index in [1.807, 2.05) is 74.5 Å². The standard InChI is InChI=1S/C23H32N2O4SSi.C18H20N2O4S/c1-17-13-20(29-16-27-2)21(23(26)28-11-12-31(3,4)5)19(22(17)25-15-24)14-30-18-9-7-6-8-10-18;1-12-8-15(24-11-23-2)16(18(21)22)14(17(12)20-10-19)9-25-13-6-4-3-5-7-13/h6-10,13,15H,11-12,14,16H2,1-5H3,(H2,24,25);3-8,10H,9,11H2,1-2H3,(H2,19,20)(H,21,22). The van der Waals surface area contributed by atoms with Crippen molar-refractivity contribution in [1.29, 1.82) is 0 Å². The van der Waals surface area contributed by atoms with Gasteiger partial charge in [-0.15, -0.1) is 23.5 Å². The van der Waals surface area contributed by atoms with E-state index in [2.05, 4.69) is 29.6 Å². The number of carbonyl (C=O) groups is 2. The second-order valence-electron chi connectivity index (χ2n) is 13.4. The smallest absolute Gasteiger partial charge is 0.342 e. The van der Waals surface area contributed by atoms with Crippen LogP contribution in [0.2, 0.25) is 25.7 Å². The molecule has 0 amide bonds. The van der Waals surface area contributed by atoms with Crippen molar-refractivity contribution in [2.75, 3.05) is 34.4 Å². The van der Waals surface area contributed by atoms with Crippen LogP contribution in [0.3, 0.4) is 0 Å². The molecular formula is C41H52N4O8S2Si. The second-order valence-corrected chi connectivity index (χ2v) is 21.1. The molecule has 4 rings (SSSR count). The minimum absolute atomic E-state index is 0.0272. The number of aromatic carboxylic acids is 1. The Morgan fingerprint density at radius 1 is 0.732 bits per heavy atom. The van der Waals surface area contributed by atoms with E-state index in [4.69, 9.17) is 35.2 Å². The number of carboxylic acid groups (broad SMARTS) is 1. The molecule has 300 valence electrons. The van der Waals surface area contributed by atoms with E-state index in [0.29, 0.717) is 46.4 Å². The molecular weight excluding hydrogens is 769 g/mol. The Kier molecular flexibility index (Phi) is 19.0. The molecule has 5 N–H and O–H groups in total. The van der Waals surface area contributed by atoms with Gasteiger partial charge in [-0.3, -0.25) is 0 Å². The van der Waals surface area contributed by atoms with Gasteiger partial charge in [-0.25, -0.2) is 19.6 Å². The number of rotatable bonds is 19. The first-order chi connectivity index (χ1) is 26.8. The van der Waals surface area contributed by atoms with Crippen molar-refractivity contribution in [3.05, 3.63) is 106 Å². The fraction of sp³-hybridized carbons (Fsp3) is 0.317. The van der Waals surface area contributed by atoms with Crippen LogP contribution in [0.15, 0.2) is 92.6 Å². The summed E-state index contributed by atoms with van der Waals surface area (Å²) in [4.78, 5) is 35.7. The van der Waals surface area contributed by atoms with Crippen LogP contribution >= 0.6 is 23.5 Å². The van der Waals surface area contributed by atoms with Crippen molar-refractivity contribution in [2.24, 2.45) is 21.5 Å². The normalized spacial score (nSPS) is 11.3. The molecule has 0 aromatic heterocycles. The average molecular weight is 821 g/mol. The van der Waals surface area contributed by atoms with Crippen LogP contribution < -0.4 is 20.9 Å². The van der Waals surface area contributed by atoms with Crippen LogP contribution in [-0.4, -0.2) is 72.2 Å². The van der Waals surface area contributed by atoms with Gasteiger partial charge in [0.05, 0.1) is 30.7 Å². The summed E-state index contributed by atoms with van der Waals surface area (Å²) in [7, 11) is 1.68. The zero-order valence-electron chi connectivity index (χ0n) is 33.0. The Bertz CT molecular complexity index is 1940. The molecule has 0 atom stereocenters. The molecule has 0 aliphatic heterocycles. The van der Waals surface area contributed by atoms with Crippen LogP contribution in [0.1, 0.15) is 43.0 Å². The van der Waals surface area contributed by atoms with E-state index >= 15 is 0 Å². The number of carboxylic acids is 1. The topological polar surface area (TPSA) is 177 Å². The van der Waals surface area contributed by atoms with Gasteiger partial charge < -0.3 is 40.3 Å². The summed E-state index contributed by atoms with van der Waals surface area (Å²) in [5.74, 6) is 0.122. The summed E-state index contributed by atoms with van der Waals surface area (Å²) in [6, 6.07) is 24.0. The number of ether oxygens (including phenoxy) is 5. The van der Waals surface area contributed by atoms with E-state index in [1.165, 1.54) is 38.7 Å². The molecule has 0 saturated carbocycles. The number of benzene rings is 4. The first-order valence-electron chi connectivity index (χ1n) is 17.7. The summed E-state index contributed by atoms with van der Waals surface area (Å²) in [5.41, 5.74) is 15.7. The van der Waals surface area contributed by atoms with Crippen molar-refractivity contribution in [1.82, 2.24) is 0 Å². The van der Waals surface area contributed by atoms with Crippen molar-refractivity contribution >= 4 is 67.6 Å². The number of hydrogen-bond donors (Lipinski definition) is 3. The maximum atomic E-state index is 13.2. The van der Waals surface area contributed by atoms with Gasteiger partial charge in [0.15, 0.2) is 13.6 Å². The third kappa shape index (κ3) is 14.0. The average Bonchev–Trinajstić information content (AvgIpc) is 3.17. The maximum absolute atomic E-state index is 13.2. The van der Waals surface area contributed by atoms with Gasteiger partial charge in [-0.05, 0) is 67.4 Å². The number of thioether (sulfide) groups is 2. The Balaban J connectivity index is 0.000000307. The molecule has 0 aliphatic carbocycles. The van der Waals surface area contributed by atoms with Crippen molar-refractivity contribution in [3.8, 4) is 11.5 Å². The van der Waals surface area contributed by atoms with Crippen molar-refractivity contribution < 1.29 is 38.4 Å². The van der Waals surface area contributed by atoms with Crippen LogP contribution in [0, 0.1) is 13.8 Å². The van der Waals surface area contributed by atoms with Crippen LogP contribution in [0.4, 0.5) is 11.4 Å². The Morgan fingerprint density at radius 2 is 1.16 bits per heavy atom. The number of methoxy groups -OCH3 is 2. The molecule has 4 aromatic rings. The molecule has 4 aromatic carbocycles. The van der Waals surface area contributed by atoms with E-state index in [0.717, 1.165) is 32.5 Å². The number of nitrogens with two attached hydrogens (primary N) is 2. The fourth-order valence-electron chi connectivity index (χ4n) is 5.27. The number of aliphatic imine (C=N–C) groups is 2. The number of aryl methyl sites for hydroxylation is 2. The Morgan fingerprint density at radius 3 is 1.55 bits per heavy atom. The minimum atomic E-state index is -1.34. The highest BCUT2D eigenvalue weighted by atomic mass is 32.2. The SMILES string of the molecule is COCOc1cc(C)c(N=CN)c(CSc2ccccc2)c1C(=O)O.COCOc1cc(C)c(N=CN)c(CSc2ccccc2)c1C(=O)OCC[Si](C)(C)C. The van der Waals surface area contributed by atoms with Crippen LogP contribution in [-0.2, 0) is 25.7 Å². The molecule has 56 heavy (non-hydrogen) atoms. The highest BCUT2D eigenvalue weighted by Gasteiger charge is 2.26. The zero-order chi connectivity index (χ0) is 41.1. The highest BCUT2D eigenvalue weighted by molar-refractivity contribution is 7.98. The lowest BCUT2D eigenvalue weighted by Gasteiger charge is -2.20. The highest BCUT2D eigenvalue weighted by Crippen LogP contribution is 2.40. The van der Waals surface area contributed by atoms with Gasteiger partial charge in [0.25, 0.3) is 0 Å². The molecule has 0 unspecified atom stereocenters. The lowest BCUT2D eigenvalue weighted by Crippen LogP contribution is -2.23. The maximum Gasteiger partial charge on any atom is 0.342 e. The molecule has 0 spiro atoms. The third-order valence-electron chi connectivity index (χ3n) is 7.94. The van der Waals surface area contributed by atoms with E-state index < -0.39 is 20.0 Å².